The maximum atomic E-state index is 12.4. The molecule has 5 nitrogen and oxygen atoms in total. The summed E-state index contributed by atoms with van der Waals surface area (Å²) in [4.78, 5) is 14.3. The van der Waals surface area contributed by atoms with E-state index in [1.807, 2.05) is 56.3 Å². The fourth-order valence-corrected chi connectivity index (χ4v) is 3.32. The van der Waals surface area contributed by atoms with Gasteiger partial charge in [-0.15, -0.1) is 0 Å². The lowest BCUT2D eigenvalue weighted by molar-refractivity contribution is 0.0955. The maximum absolute atomic E-state index is 12.4. The lowest BCUT2D eigenvalue weighted by Gasteiger charge is -2.12. The van der Waals surface area contributed by atoms with E-state index in [4.69, 9.17) is 0 Å². The van der Waals surface area contributed by atoms with Gasteiger partial charge in [0.1, 0.15) is 0 Å². The molecule has 0 saturated carbocycles. The number of hydrogen-bond donors (Lipinski definition) is 1. The van der Waals surface area contributed by atoms with Crippen LogP contribution in [0.5, 0.6) is 0 Å². The van der Waals surface area contributed by atoms with E-state index in [1.54, 1.807) is 12.3 Å². The molecule has 0 aliphatic rings. The summed E-state index contributed by atoms with van der Waals surface area (Å²) >= 11 is 3.47. The van der Waals surface area contributed by atoms with Gasteiger partial charge in [-0.25, -0.2) is 5.43 Å². The smallest absolute Gasteiger partial charge is 0.271 e. The van der Waals surface area contributed by atoms with E-state index in [2.05, 4.69) is 56.1 Å². The number of carbonyl (C=O) groups excluding carboxylic acids is 1. The second kappa shape index (κ2) is 8.44. The lowest BCUT2D eigenvalue weighted by Crippen LogP contribution is -2.18. The van der Waals surface area contributed by atoms with Crippen molar-refractivity contribution in [3.8, 4) is 5.69 Å². The van der Waals surface area contributed by atoms with Gasteiger partial charge in [-0.05, 0) is 62.4 Å². The number of amides is 1. The topological polar surface area (TPSA) is 49.6 Å². The van der Waals surface area contributed by atoms with Gasteiger partial charge in [-0.2, -0.15) is 5.10 Å². The van der Waals surface area contributed by atoms with Crippen molar-refractivity contribution in [3.05, 3.63) is 81.6 Å². The van der Waals surface area contributed by atoms with Crippen LogP contribution in [0.2, 0.25) is 0 Å². The SMILES string of the molecule is Cc1cc(/C=N\NC(=O)c2cccc(N(C)C)c2)c(C)n1-c1ccc(Br)cc1. The van der Waals surface area contributed by atoms with E-state index in [0.717, 1.165) is 32.8 Å². The van der Waals surface area contributed by atoms with Gasteiger partial charge in [-0.3, -0.25) is 4.79 Å². The summed E-state index contributed by atoms with van der Waals surface area (Å²) in [6.45, 7) is 4.09. The van der Waals surface area contributed by atoms with Gasteiger partial charge >= 0.3 is 0 Å². The van der Waals surface area contributed by atoms with Gasteiger partial charge in [0.25, 0.3) is 5.91 Å². The molecule has 28 heavy (non-hydrogen) atoms. The van der Waals surface area contributed by atoms with Crippen LogP contribution in [0.25, 0.3) is 5.69 Å². The van der Waals surface area contributed by atoms with E-state index in [0.29, 0.717) is 5.56 Å². The Hall–Kier alpha value is -2.86. The molecule has 0 atom stereocenters. The molecule has 0 fully saturated rings. The van der Waals surface area contributed by atoms with Crippen molar-refractivity contribution in [1.29, 1.82) is 0 Å². The highest BCUT2D eigenvalue weighted by Crippen LogP contribution is 2.21. The zero-order chi connectivity index (χ0) is 20.3. The molecule has 144 valence electrons. The van der Waals surface area contributed by atoms with Gasteiger partial charge in [0, 0.05) is 52.5 Å². The average molecular weight is 439 g/mol. The second-order valence-electron chi connectivity index (χ2n) is 6.78. The molecule has 0 radical (unpaired) electrons. The van der Waals surface area contributed by atoms with Crippen LogP contribution >= 0.6 is 15.9 Å². The molecule has 1 aromatic heterocycles. The Morgan fingerprint density at radius 2 is 1.82 bits per heavy atom. The summed E-state index contributed by atoms with van der Waals surface area (Å²) in [6.07, 6.45) is 1.69. The normalized spacial score (nSPS) is 11.0. The van der Waals surface area contributed by atoms with Crippen LogP contribution in [-0.2, 0) is 0 Å². The predicted molar refractivity (Wildman–Crippen MR) is 119 cm³/mol. The summed E-state index contributed by atoms with van der Waals surface area (Å²) in [7, 11) is 3.88. The van der Waals surface area contributed by atoms with Crippen LogP contribution in [0.15, 0.2) is 64.2 Å². The molecule has 2 aromatic carbocycles. The molecule has 6 heteroatoms. The molecule has 1 amide bonds. The summed E-state index contributed by atoms with van der Waals surface area (Å²) in [6, 6.07) is 17.6. The highest BCUT2D eigenvalue weighted by Gasteiger charge is 2.10. The number of carbonyl (C=O) groups is 1. The highest BCUT2D eigenvalue weighted by atomic mass is 79.9. The Bertz CT molecular complexity index is 1020. The molecule has 0 saturated heterocycles. The number of hydrogen-bond acceptors (Lipinski definition) is 3. The monoisotopic (exact) mass is 438 g/mol. The van der Waals surface area contributed by atoms with Crippen molar-refractivity contribution in [1.82, 2.24) is 9.99 Å². The molecular weight excluding hydrogens is 416 g/mol. The van der Waals surface area contributed by atoms with Crippen LogP contribution in [-0.4, -0.2) is 30.8 Å². The molecule has 0 spiro atoms. The molecule has 1 heterocycles. The van der Waals surface area contributed by atoms with E-state index in [9.17, 15) is 4.79 Å². The number of rotatable bonds is 5. The molecule has 3 rings (SSSR count). The number of halogens is 1. The Labute approximate surface area is 173 Å². The average Bonchev–Trinajstić information content (AvgIpc) is 2.96. The van der Waals surface area contributed by atoms with Gasteiger partial charge in [0.2, 0.25) is 0 Å². The third kappa shape index (κ3) is 4.34. The Morgan fingerprint density at radius 1 is 1.11 bits per heavy atom. The fraction of sp³-hybridized carbons (Fsp3) is 0.182. The Kier molecular flexibility index (Phi) is 5.99. The van der Waals surface area contributed by atoms with Crippen molar-refractivity contribution in [2.45, 2.75) is 13.8 Å². The van der Waals surface area contributed by atoms with Gasteiger partial charge < -0.3 is 9.47 Å². The van der Waals surface area contributed by atoms with Crippen LogP contribution in [0.4, 0.5) is 5.69 Å². The number of nitrogens with zero attached hydrogens (tertiary/aromatic N) is 3. The number of benzene rings is 2. The first kappa shape index (κ1) is 19.9. The van der Waals surface area contributed by atoms with Crippen LogP contribution in [0.3, 0.4) is 0 Å². The molecule has 0 aliphatic carbocycles. The highest BCUT2D eigenvalue weighted by molar-refractivity contribution is 9.10. The van der Waals surface area contributed by atoms with Crippen molar-refractivity contribution < 1.29 is 4.79 Å². The Balaban J connectivity index is 1.76. The maximum Gasteiger partial charge on any atom is 0.271 e. The zero-order valence-electron chi connectivity index (χ0n) is 16.4. The first-order valence-electron chi connectivity index (χ1n) is 8.92. The molecule has 1 N–H and O–H groups in total. The van der Waals surface area contributed by atoms with Crippen LogP contribution < -0.4 is 10.3 Å². The first-order valence-corrected chi connectivity index (χ1v) is 9.72. The fourth-order valence-electron chi connectivity index (χ4n) is 3.06. The summed E-state index contributed by atoms with van der Waals surface area (Å²) < 4.78 is 3.21. The summed E-state index contributed by atoms with van der Waals surface area (Å²) in [5.41, 5.74) is 8.37. The summed E-state index contributed by atoms with van der Waals surface area (Å²) in [5.74, 6) is -0.235. The number of anilines is 1. The minimum absolute atomic E-state index is 0.235. The van der Waals surface area contributed by atoms with Gasteiger partial charge in [-0.1, -0.05) is 22.0 Å². The third-order valence-corrected chi connectivity index (χ3v) is 5.08. The third-order valence-electron chi connectivity index (χ3n) is 4.55. The zero-order valence-corrected chi connectivity index (χ0v) is 18.0. The molecule has 0 unspecified atom stereocenters. The van der Waals surface area contributed by atoms with E-state index < -0.39 is 0 Å². The lowest BCUT2D eigenvalue weighted by atomic mass is 10.2. The largest absolute Gasteiger partial charge is 0.378 e. The summed E-state index contributed by atoms with van der Waals surface area (Å²) in [5, 5.41) is 4.16. The molecule has 0 bridgehead atoms. The molecule has 3 aromatic rings. The van der Waals surface area contributed by atoms with Gasteiger partial charge in [0.15, 0.2) is 0 Å². The minimum Gasteiger partial charge on any atom is -0.378 e. The van der Waals surface area contributed by atoms with Crippen molar-refractivity contribution in [2.24, 2.45) is 5.10 Å². The standard InChI is InChI=1S/C22H23BrN4O/c1-15-12-18(16(2)27(15)20-10-8-19(23)9-11-20)14-24-25-22(28)17-6-5-7-21(13-17)26(3)4/h5-14H,1-4H3,(H,25,28)/b24-14-. The minimum atomic E-state index is -0.235. The predicted octanol–water partition coefficient (Wildman–Crippen LogP) is 4.69. The first-order chi connectivity index (χ1) is 13.4. The quantitative estimate of drug-likeness (QED) is 0.464. The van der Waals surface area contributed by atoms with Crippen LogP contribution in [0, 0.1) is 13.8 Å². The second-order valence-corrected chi connectivity index (χ2v) is 7.70. The number of aryl methyl sites for hydroxylation is 1. The number of aromatic nitrogens is 1. The molecule has 0 aliphatic heterocycles. The van der Waals surface area contributed by atoms with E-state index in [-0.39, 0.29) is 5.91 Å². The van der Waals surface area contributed by atoms with E-state index >= 15 is 0 Å². The van der Waals surface area contributed by atoms with Crippen LogP contribution in [0.1, 0.15) is 27.3 Å². The van der Waals surface area contributed by atoms with Crippen molar-refractivity contribution >= 4 is 33.7 Å². The number of nitrogens with one attached hydrogen (secondary N) is 1. The van der Waals surface area contributed by atoms with Gasteiger partial charge in [0.05, 0.1) is 6.21 Å². The molecular formula is C22H23BrN4O. The van der Waals surface area contributed by atoms with Crippen molar-refractivity contribution in [2.75, 3.05) is 19.0 Å². The Morgan fingerprint density at radius 3 is 2.50 bits per heavy atom. The van der Waals surface area contributed by atoms with Crippen molar-refractivity contribution in [3.63, 3.8) is 0 Å². The van der Waals surface area contributed by atoms with E-state index in [1.165, 1.54) is 0 Å². The number of hydrazone groups is 1.